The normalized spacial score (nSPS) is 22.7. The van der Waals surface area contributed by atoms with Crippen LogP contribution in [-0.2, 0) is 9.59 Å². The zero-order chi connectivity index (χ0) is 9.84. The standard InChI is InChI=1S/C9H14N2O2/c1-6(2)5-10-7-3-4-8(12)11-9(7)13/h7,10H,1,3-5H2,2H3,(H,11,12,13)/t7-/m0/s1. The van der Waals surface area contributed by atoms with Gasteiger partial charge < -0.3 is 5.32 Å². The van der Waals surface area contributed by atoms with E-state index in [1.807, 2.05) is 6.92 Å². The zero-order valence-corrected chi connectivity index (χ0v) is 7.72. The lowest BCUT2D eigenvalue weighted by Gasteiger charge is -2.21. The van der Waals surface area contributed by atoms with Gasteiger partial charge in [-0.05, 0) is 13.3 Å². The molecule has 4 nitrogen and oxygen atoms in total. The number of hydrogen-bond acceptors (Lipinski definition) is 3. The molecule has 1 heterocycles. The van der Waals surface area contributed by atoms with Crippen molar-refractivity contribution in [1.29, 1.82) is 0 Å². The number of nitrogens with one attached hydrogen (secondary N) is 2. The average Bonchev–Trinajstić information content (AvgIpc) is 2.02. The number of imide groups is 1. The van der Waals surface area contributed by atoms with Crippen LogP contribution in [0.4, 0.5) is 0 Å². The minimum atomic E-state index is -0.241. The molecule has 0 aromatic heterocycles. The molecule has 0 saturated carbocycles. The molecule has 0 aromatic rings. The Bertz CT molecular complexity index is 248. The lowest BCUT2D eigenvalue weighted by Crippen LogP contribution is -2.50. The zero-order valence-electron chi connectivity index (χ0n) is 7.72. The largest absolute Gasteiger partial charge is 0.302 e. The highest BCUT2D eigenvalue weighted by atomic mass is 16.2. The van der Waals surface area contributed by atoms with Gasteiger partial charge in [-0.25, -0.2) is 0 Å². The monoisotopic (exact) mass is 182 g/mol. The Balaban J connectivity index is 2.38. The highest BCUT2D eigenvalue weighted by Gasteiger charge is 2.25. The van der Waals surface area contributed by atoms with Crippen LogP contribution in [0.5, 0.6) is 0 Å². The van der Waals surface area contributed by atoms with Crippen molar-refractivity contribution in [3.8, 4) is 0 Å². The summed E-state index contributed by atoms with van der Waals surface area (Å²) in [4.78, 5) is 22.0. The number of carbonyl (C=O) groups excluding carboxylic acids is 2. The van der Waals surface area contributed by atoms with E-state index < -0.39 is 0 Å². The second kappa shape index (κ2) is 4.18. The van der Waals surface area contributed by atoms with Gasteiger partial charge in [0, 0.05) is 13.0 Å². The topological polar surface area (TPSA) is 58.2 Å². The average molecular weight is 182 g/mol. The van der Waals surface area contributed by atoms with Gasteiger partial charge in [0.05, 0.1) is 6.04 Å². The molecule has 0 bridgehead atoms. The van der Waals surface area contributed by atoms with Crippen LogP contribution in [0.15, 0.2) is 12.2 Å². The van der Waals surface area contributed by atoms with E-state index in [0.717, 1.165) is 5.57 Å². The molecule has 2 N–H and O–H groups in total. The van der Waals surface area contributed by atoms with Gasteiger partial charge in [-0.3, -0.25) is 14.9 Å². The molecule has 4 heteroatoms. The fourth-order valence-corrected chi connectivity index (χ4v) is 1.19. The predicted molar refractivity (Wildman–Crippen MR) is 49.0 cm³/mol. The third kappa shape index (κ3) is 2.99. The van der Waals surface area contributed by atoms with Gasteiger partial charge in [0.1, 0.15) is 0 Å². The molecule has 1 rings (SSSR count). The number of hydrogen-bond donors (Lipinski definition) is 2. The molecule has 1 saturated heterocycles. The van der Waals surface area contributed by atoms with E-state index in [2.05, 4.69) is 17.2 Å². The molecule has 0 unspecified atom stereocenters. The highest BCUT2D eigenvalue weighted by Crippen LogP contribution is 2.04. The summed E-state index contributed by atoms with van der Waals surface area (Å²) in [5.41, 5.74) is 0.977. The van der Waals surface area contributed by atoms with Crippen LogP contribution in [0, 0.1) is 0 Å². The Morgan fingerprint density at radius 1 is 1.69 bits per heavy atom. The van der Waals surface area contributed by atoms with Gasteiger partial charge in [0.25, 0.3) is 0 Å². The second-order valence-corrected chi connectivity index (χ2v) is 3.34. The number of piperidine rings is 1. The molecule has 0 radical (unpaired) electrons. The molecular formula is C9H14N2O2. The van der Waals surface area contributed by atoms with Crippen LogP contribution in [0.25, 0.3) is 0 Å². The van der Waals surface area contributed by atoms with Crippen molar-refractivity contribution in [1.82, 2.24) is 10.6 Å². The molecule has 13 heavy (non-hydrogen) atoms. The lowest BCUT2D eigenvalue weighted by atomic mass is 10.1. The summed E-state index contributed by atoms with van der Waals surface area (Å²) in [5.74, 6) is -0.407. The van der Waals surface area contributed by atoms with Gasteiger partial charge in [-0.2, -0.15) is 0 Å². The van der Waals surface area contributed by atoms with E-state index in [1.54, 1.807) is 0 Å². The number of carbonyl (C=O) groups is 2. The molecule has 1 fully saturated rings. The lowest BCUT2D eigenvalue weighted by molar-refractivity contribution is -0.134. The van der Waals surface area contributed by atoms with Crippen molar-refractivity contribution < 1.29 is 9.59 Å². The van der Waals surface area contributed by atoms with Crippen molar-refractivity contribution in [2.45, 2.75) is 25.8 Å². The summed E-state index contributed by atoms with van der Waals surface area (Å²) in [6.07, 6.45) is 0.998. The van der Waals surface area contributed by atoms with Gasteiger partial charge in [-0.15, -0.1) is 0 Å². The minimum Gasteiger partial charge on any atom is -0.302 e. The van der Waals surface area contributed by atoms with Gasteiger partial charge in [0.15, 0.2) is 0 Å². The summed E-state index contributed by atoms with van der Waals surface area (Å²) in [7, 11) is 0. The SMILES string of the molecule is C=C(C)CN[C@H]1CCC(=O)NC1=O. The first kappa shape index (κ1) is 9.92. The molecule has 1 aliphatic rings. The Morgan fingerprint density at radius 3 is 2.92 bits per heavy atom. The van der Waals surface area contributed by atoms with Crippen molar-refractivity contribution >= 4 is 11.8 Å². The minimum absolute atomic E-state index is 0.182. The third-order valence-electron chi connectivity index (χ3n) is 1.89. The quantitative estimate of drug-likeness (QED) is 0.475. The highest BCUT2D eigenvalue weighted by molar-refractivity contribution is 6.00. The molecule has 1 atom stereocenters. The number of amides is 2. The molecule has 2 amide bonds. The van der Waals surface area contributed by atoms with Crippen molar-refractivity contribution in [2.75, 3.05) is 6.54 Å². The molecule has 1 aliphatic heterocycles. The van der Waals surface area contributed by atoms with Crippen LogP contribution in [0.2, 0.25) is 0 Å². The summed E-state index contributed by atoms with van der Waals surface area (Å²) in [6.45, 7) is 6.22. The maximum atomic E-state index is 11.2. The molecular weight excluding hydrogens is 168 g/mol. The van der Waals surface area contributed by atoms with Crippen LogP contribution < -0.4 is 10.6 Å². The molecule has 0 aliphatic carbocycles. The first-order valence-corrected chi connectivity index (χ1v) is 4.31. The molecule has 72 valence electrons. The maximum Gasteiger partial charge on any atom is 0.243 e. The predicted octanol–water partition coefficient (Wildman–Crippen LogP) is -0.0427. The van der Waals surface area contributed by atoms with E-state index in [9.17, 15) is 9.59 Å². The Kier molecular flexibility index (Phi) is 3.19. The van der Waals surface area contributed by atoms with E-state index in [1.165, 1.54) is 0 Å². The van der Waals surface area contributed by atoms with Crippen molar-refractivity contribution in [2.24, 2.45) is 0 Å². The van der Waals surface area contributed by atoms with E-state index >= 15 is 0 Å². The Hall–Kier alpha value is -1.16. The molecule has 0 aromatic carbocycles. The smallest absolute Gasteiger partial charge is 0.243 e. The summed E-state index contributed by atoms with van der Waals surface area (Å²) >= 11 is 0. The van der Waals surface area contributed by atoms with Crippen molar-refractivity contribution in [3.05, 3.63) is 12.2 Å². The molecule has 0 spiro atoms. The van der Waals surface area contributed by atoms with Crippen LogP contribution in [0.3, 0.4) is 0 Å². The van der Waals surface area contributed by atoms with Gasteiger partial charge in [0.2, 0.25) is 11.8 Å². The first-order chi connectivity index (χ1) is 6.09. The number of rotatable bonds is 3. The van der Waals surface area contributed by atoms with E-state index in [4.69, 9.17) is 0 Å². The van der Waals surface area contributed by atoms with Crippen LogP contribution in [-0.4, -0.2) is 24.4 Å². The van der Waals surface area contributed by atoms with Crippen LogP contribution in [0.1, 0.15) is 19.8 Å². The Morgan fingerprint density at radius 2 is 2.38 bits per heavy atom. The van der Waals surface area contributed by atoms with Gasteiger partial charge in [-0.1, -0.05) is 12.2 Å². The second-order valence-electron chi connectivity index (χ2n) is 3.34. The summed E-state index contributed by atoms with van der Waals surface area (Å²) < 4.78 is 0. The van der Waals surface area contributed by atoms with E-state index in [0.29, 0.717) is 19.4 Å². The third-order valence-corrected chi connectivity index (χ3v) is 1.89. The van der Waals surface area contributed by atoms with Gasteiger partial charge >= 0.3 is 0 Å². The fraction of sp³-hybridized carbons (Fsp3) is 0.556. The summed E-state index contributed by atoms with van der Waals surface area (Å²) in [5, 5.41) is 5.31. The van der Waals surface area contributed by atoms with Crippen molar-refractivity contribution in [3.63, 3.8) is 0 Å². The first-order valence-electron chi connectivity index (χ1n) is 4.31. The van der Waals surface area contributed by atoms with E-state index in [-0.39, 0.29) is 17.9 Å². The van der Waals surface area contributed by atoms with Crippen LogP contribution >= 0.6 is 0 Å². The maximum absolute atomic E-state index is 11.2. The summed E-state index contributed by atoms with van der Waals surface area (Å²) in [6, 6.07) is -0.241. The Labute approximate surface area is 77.4 Å². The fourth-order valence-electron chi connectivity index (χ4n) is 1.19.